The van der Waals surface area contributed by atoms with Crippen molar-refractivity contribution < 1.29 is 33.4 Å². The topological polar surface area (TPSA) is 146 Å². The molecule has 3 atom stereocenters. The Labute approximate surface area is 260 Å². The van der Waals surface area contributed by atoms with Gasteiger partial charge in [-0.2, -0.15) is 0 Å². The summed E-state index contributed by atoms with van der Waals surface area (Å²) in [5, 5.41) is 5.53. The molecule has 2 amide bonds. The van der Waals surface area contributed by atoms with Gasteiger partial charge in [-0.05, 0) is 61.2 Å². The van der Waals surface area contributed by atoms with Crippen LogP contribution in [0, 0.1) is 5.92 Å². The zero-order chi connectivity index (χ0) is 32.3. The molecule has 0 saturated carbocycles. The van der Waals surface area contributed by atoms with E-state index < -0.39 is 29.9 Å². The first kappa shape index (κ1) is 35.8. The van der Waals surface area contributed by atoms with Gasteiger partial charge in [-0.15, -0.1) is 0 Å². The standard InChI is InChI=1S/C34H45N3O7/c1-5-19-43-28-14-10-25(11-15-28)21-30(36-24(3)38)32(39)23-27(9-7-8-18-35)33(40)37-31(34(41)42-4)22-26-12-16-29(17-13-26)44-20-6-2/h5-6,10-17,27,30-31H,1-2,7-9,18-23,35H2,3-4H3,(H,36,38)(H,37,40)/t27-,30-,31-/m0/s1. The Morgan fingerprint density at radius 3 is 1.80 bits per heavy atom. The molecule has 238 valence electrons. The third kappa shape index (κ3) is 12.8. The number of hydrogen-bond donors (Lipinski definition) is 3. The molecule has 0 spiro atoms. The number of ketones is 1. The summed E-state index contributed by atoms with van der Waals surface area (Å²) >= 11 is 0. The second-order valence-corrected chi connectivity index (χ2v) is 10.4. The van der Waals surface area contributed by atoms with Crippen LogP contribution in [0.5, 0.6) is 11.5 Å². The van der Waals surface area contributed by atoms with Gasteiger partial charge in [-0.25, -0.2) is 4.79 Å². The second kappa shape index (κ2) is 19.7. The van der Waals surface area contributed by atoms with Crippen LogP contribution >= 0.6 is 0 Å². The van der Waals surface area contributed by atoms with Gasteiger partial charge in [0.2, 0.25) is 11.8 Å². The molecule has 0 aliphatic rings. The number of rotatable bonds is 21. The third-order valence-corrected chi connectivity index (χ3v) is 6.86. The van der Waals surface area contributed by atoms with E-state index in [0.717, 1.165) is 11.1 Å². The molecule has 0 fully saturated rings. The smallest absolute Gasteiger partial charge is 0.328 e. The Balaban J connectivity index is 2.18. The summed E-state index contributed by atoms with van der Waals surface area (Å²) in [6.07, 6.45) is 5.28. The molecule has 0 bridgehead atoms. The van der Waals surface area contributed by atoms with Crippen molar-refractivity contribution >= 4 is 23.6 Å². The first-order valence-electron chi connectivity index (χ1n) is 14.7. The van der Waals surface area contributed by atoms with Crippen LogP contribution in [0.2, 0.25) is 0 Å². The highest BCUT2D eigenvalue weighted by Gasteiger charge is 2.30. The molecular weight excluding hydrogens is 562 g/mol. The predicted octanol–water partition coefficient (Wildman–Crippen LogP) is 3.47. The van der Waals surface area contributed by atoms with E-state index in [9.17, 15) is 19.2 Å². The lowest BCUT2D eigenvalue weighted by Crippen LogP contribution is -2.47. The van der Waals surface area contributed by atoms with Gasteiger partial charge in [-0.1, -0.05) is 56.0 Å². The lowest BCUT2D eigenvalue weighted by Gasteiger charge is -2.23. The molecule has 2 aromatic carbocycles. The van der Waals surface area contributed by atoms with E-state index in [1.807, 2.05) is 12.1 Å². The summed E-state index contributed by atoms with van der Waals surface area (Å²) in [7, 11) is 1.26. The van der Waals surface area contributed by atoms with E-state index in [1.54, 1.807) is 48.6 Å². The Kier molecular flexibility index (Phi) is 16.0. The van der Waals surface area contributed by atoms with E-state index in [1.165, 1.54) is 14.0 Å². The lowest BCUT2D eigenvalue weighted by molar-refractivity contribution is -0.145. The Bertz CT molecular complexity index is 1230. The second-order valence-electron chi connectivity index (χ2n) is 10.4. The van der Waals surface area contributed by atoms with Crippen LogP contribution in [-0.2, 0) is 36.8 Å². The van der Waals surface area contributed by atoms with Gasteiger partial charge in [0.15, 0.2) is 5.78 Å². The number of Topliss-reactive ketones (excluding diaryl/α,β-unsaturated/α-hetero) is 1. The monoisotopic (exact) mass is 607 g/mol. The number of nitrogens with two attached hydrogens (primary N) is 1. The van der Waals surface area contributed by atoms with E-state index in [4.69, 9.17) is 19.9 Å². The number of hydrogen-bond acceptors (Lipinski definition) is 8. The molecule has 10 nitrogen and oxygen atoms in total. The van der Waals surface area contributed by atoms with Crippen molar-refractivity contribution in [3.8, 4) is 11.5 Å². The predicted molar refractivity (Wildman–Crippen MR) is 169 cm³/mol. The van der Waals surface area contributed by atoms with Crippen molar-refractivity contribution in [3.05, 3.63) is 85.0 Å². The molecule has 0 radical (unpaired) electrons. The molecule has 44 heavy (non-hydrogen) atoms. The molecule has 0 aliphatic carbocycles. The van der Waals surface area contributed by atoms with Gasteiger partial charge < -0.3 is 30.6 Å². The summed E-state index contributed by atoms with van der Waals surface area (Å²) in [6, 6.07) is 12.6. The van der Waals surface area contributed by atoms with E-state index in [-0.39, 0.29) is 31.0 Å². The van der Waals surface area contributed by atoms with Crippen molar-refractivity contribution in [2.75, 3.05) is 26.9 Å². The first-order valence-corrected chi connectivity index (χ1v) is 14.7. The van der Waals surface area contributed by atoms with Crippen LogP contribution in [0.25, 0.3) is 0 Å². The number of carbonyl (C=O) groups is 4. The van der Waals surface area contributed by atoms with Crippen LogP contribution in [0.4, 0.5) is 0 Å². The highest BCUT2D eigenvalue weighted by Crippen LogP contribution is 2.20. The highest BCUT2D eigenvalue weighted by molar-refractivity contribution is 5.93. The van der Waals surface area contributed by atoms with Gasteiger partial charge >= 0.3 is 5.97 Å². The highest BCUT2D eigenvalue weighted by atomic mass is 16.5. The average Bonchev–Trinajstić information content (AvgIpc) is 3.02. The molecule has 2 aromatic rings. The van der Waals surface area contributed by atoms with Crippen LogP contribution < -0.4 is 25.8 Å². The van der Waals surface area contributed by atoms with Gasteiger partial charge in [0.25, 0.3) is 0 Å². The van der Waals surface area contributed by atoms with E-state index in [2.05, 4.69) is 23.8 Å². The SMILES string of the molecule is C=CCOc1ccc(C[C@H](NC(C)=O)C(=O)C[C@H](CCCCN)C(=O)N[C@@H](Cc2ccc(OCC=C)cc2)C(=O)OC)cc1. The summed E-state index contributed by atoms with van der Waals surface area (Å²) < 4.78 is 16.0. The fraction of sp³-hybridized carbons (Fsp3) is 0.412. The number of nitrogens with one attached hydrogen (secondary N) is 2. The number of unbranched alkanes of at least 4 members (excludes halogenated alkanes) is 1. The average molecular weight is 608 g/mol. The molecule has 0 unspecified atom stereocenters. The minimum atomic E-state index is -0.965. The molecule has 0 aliphatic heterocycles. The lowest BCUT2D eigenvalue weighted by atomic mass is 9.90. The third-order valence-electron chi connectivity index (χ3n) is 6.86. The Hall–Kier alpha value is -4.44. The zero-order valence-corrected chi connectivity index (χ0v) is 25.7. The van der Waals surface area contributed by atoms with E-state index >= 15 is 0 Å². The summed E-state index contributed by atoms with van der Waals surface area (Å²) in [5.74, 6) is -1.12. The maximum Gasteiger partial charge on any atom is 0.328 e. The van der Waals surface area contributed by atoms with Gasteiger partial charge in [0, 0.05) is 25.7 Å². The molecule has 0 aromatic heterocycles. The summed E-state index contributed by atoms with van der Waals surface area (Å²) in [6.45, 7) is 9.78. The van der Waals surface area contributed by atoms with Crippen LogP contribution in [0.1, 0.15) is 43.7 Å². The molecule has 2 rings (SSSR count). The number of methoxy groups -OCH3 is 1. The maximum atomic E-state index is 13.6. The Morgan fingerprint density at radius 1 is 0.818 bits per heavy atom. The van der Waals surface area contributed by atoms with Crippen LogP contribution in [-0.4, -0.2) is 62.5 Å². The number of esters is 1. The molecule has 0 saturated heterocycles. The van der Waals surface area contributed by atoms with Gasteiger partial charge in [0.1, 0.15) is 30.8 Å². The van der Waals surface area contributed by atoms with Crippen molar-refractivity contribution in [1.29, 1.82) is 0 Å². The summed E-state index contributed by atoms with van der Waals surface area (Å²) in [5.41, 5.74) is 7.28. The first-order chi connectivity index (χ1) is 21.2. The largest absolute Gasteiger partial charge is 0.490 e. The van der Waals surface area contributed by atoms with Crippen molar-refractivity contribution in [2.45, 2.75) is 57.5 Å². The maximum absolute atomic E-state index is 13.6. The van der Waals surface area contributed by atoms with Crippen molar-refractivity contribution in [2.24, 2.45) is 11.7 Å². The van der Waals surface area contributed by atoms with Crippen molar-refractivity contribution in [1.82, 2.24) is 10.6 Å². The minimum Gasteiger partial charge on any atom is -0.490 e. The molecular formula is C34H45N3O7. The van der Waals surface area contributed by atoms with Crippen LogP contribution in [0.3, 0.4) is 0 Å². The summed E-state index contributed by atoms with van der Waals surface area (Å²) in [4.78, 5) is 51.8. The normalized spacial score (nSPS) is 12.6. The molecule has 4 N–H and O–H groups in total. The Morgan fingerprint density at radius 2 is 1.34 bits per heavy atom. The number of ether oxygens (including phenoxy) is 3. The van der Waals surface area contributed by atoms with Gasteiger partial charge in [-0.3, -0.25) is 14.4 Å². The number of benzene rings is 2. The van der Waals surface area contributed by atoms with E-state index in [0.29, 0.717) is 50.5 Å². The van der Waals surface area contributed by atoms with Crippen molar-refractivity contribution in [3.63, 3.8) is 0 Å². The molecule has 10 heteroatoms. The quantitative estimate of drug-likeness (QED) is 0.111. The van der Waals surface area contributed by atoms with Gasteiger partial charge in [0.05, 0.1) is 13.2 Å². The minimum absolute atomic E-state index is 0.120. The number of amides is 2. The zero-order valence-electron chi connectivity index (χ0n) is 25.7. The fourth-order valence-electron chi connectivity index (χ4n) is 4.59. The number of carbonyl (C=O) groups excluding carboxylic acids is 4. The van der Waals surface area contributed by atoms with Crippen LogP contribution in [0.15, 0.2) is 73.8 Å². The molecule has 0 heterocycles. The fourth-order valence-corrected chi connectivity index (χ4v) is 4.59.